The summed E-state index contributed by atoms with van der Waals surface area (Å²) >= 11 is 5.83. The highest BCUT2D eigenvalue weighted by Gasteiger charge is 1.96. The van der Waals surface area contributed by atoms with E-state index in [2.05, 4.69) is 15.0 Å². The number of hydrogen-bond acceptors (Lipinski definition) is 2. The van der Waals surface area contributed by atoms with Gasteiger partial charge in [-0.05, 0) is 35.9 Å². The quantitative estimate of drug-likeness (QED) is 0.692. The predicted octanol–water partition coefficient (Wildman–Crippen LogP) is 3.97. The molecule has 0 saturated carbocycles. The largest absolute Gasteiger partial charge is 0.345 e. The van der Waals surface area contributed by atoms with E-state index in [4.69, 9.17) is 11.6 Å². The molecular formula is C14H10ClN3. The van der Waals surface area contributed by atoms with Crippen molar-refractivity contribution >= 4 is 34.5 Å². The minimum absolute atomic E-state index is 0.728. The molecule has 1 heterocycles. The maximum absolute atomic E-state index is 5.83. The molecular weight excluding hydrogens is 246 g/mol. The Hall–Kier alpha value is -2.13. The molecule has 1 aromatic heterocycles. The van der Waals surface area contributed by atoms with Gasteiger partial charge in [0.15, 0.2) is 0 Å². The van der Waals surface area contributed by atoms with Gasteiger partial charge in [-0.1, -0.05) is 23.7 Å². The number of aliphatic imine (C=N–C) groups is 1. The standard InChI is InChI=1S/C14H10ClN3/c15-11-3-1-10(2-4-11)8-16-12-5-6-13-14(7-12)18-9-17-13/h1-9H,(H,17,18). The molecule has 0 bridgehead atoms. The Bertz CT molecular complexity index is 698. The second kappa shape index (κ2) is 4.63. The first-order chi connectivity index (χ1) is 8.81. The zero-order valence-electron chi connectivity index (χ0n) is 9.47. The van der Waals surface area contributed by atoms with Crippen molar-refractivity contribution in [1.29, 1.82) is 0 Å². The molecule has 0 aliphatic heterocycles. The fraction of sp³-hybridized carbons (Fsp3) is 0. The molecule has 3 rings (SSSR count). The van der Waals surface area contributed by atoms with Crippen LogP contribution >= 0.6 is 11.6 Å². The van der Waals surface area contributed by atoms with E-state index in [0.29, 0.717) is 0 Å². The molecule has 2 aromatic carbocycles. The Balaban J connectivity index is 1.88. The van der Waals surface area contributed by atoms with Gasteiger partial charge in [-0.25, -0.2) is 4.98 Å². The van der Waals surface area contributed by atoms with Crippen molar-refractivity contribution < 1.29 is 0 Å². The van der Waals surface area contributed by atoms with E-state index in [-0.39, 0.29) is 0 Å². The van der Waals surface area contributed by atoms with E-state index in [1.807, 2.05) is 48.7 Å². The van der Waals surface area contributed by atoms with Crippen LogP contribution in [-0.4, -0.2) is 16.2 Å². The lowest BCUT2D eigenvalue weighted by atomic mass is 10.2. The molecule has 0 spiro atoms. The topological polar surface area (TPSA) is 41.0 Å². The summed E-state index contributed by atoms with van der Waals surface area (Å²) in [7, 11) is 0. The average molecular weight is 256 g/mol. The van der Waals surface area contributed by atoms with E-state index >= 15 is 0 Å². The van der Waals surface area contributed by atoms with Crippen molar-refractivity contribution in [2.75, 3.05) is 0 Å². The maximum atomic E-state index is 5.83. The van der Waals surface area contributed by atoms with Crippen molar-refractivity contribution in [3.8, 4) is 0 Å². The number of nitrogens with zero attached hydrogens (tertiary/aromatic N) is 2. The summed E-state index contributed by atoms with van der Waals surface area (Å²) in [6.07, 6.45) is 3.49. The Labute approximate surface area is 109 Å². The van der Waals surface area contributed by atoms with Gasteiger partial charge in [0.05, 0.1) is 23.0 Å². The molecule has 18 heavy (non-hydrogen) atoms. The van der Waals surface area contributed by atoms with Crippen LogP contribution in [-0.2, 0) is 0 Å². The van der Waals surface area contributed by atoms with E-state index < -0.39 is 0 Å². The second-order valence-electron chi connectivity index (χ2n) is 3.91. The van der Waals surface area contributed by atoms with Crippen LogP contribution in [0, 0.1) is 0 Å². The molecule has 0 unspecified atom stereocenters. The van der Waals surface area contributed by atoms with Crippen LogP contribution in [0.1, 0.15) is 5.56 Å². The smallest absolute Gasteiger partial charge is 0.0931 e. The Morgan fingerprint density at radius 3 is 2.78 bits per heavy atom. The van der Waals surface area contributed by atoms with Crippen molar-refractivity contribution in [2.45, 2.75) is 0 Å². The monoisotopic (exact) mass is 255 g/mol. The third-order valence-corrected chi connectivity index (χ3v) is 2.89. The van der Waals surface area contributed by atoms with Gasteiger partial charge in [0.2, 0.25) is 0 Å². The molecule has 0 amide bonds. The second-order valence-corrected chi connectivity index (χ2v) is 4.35. The van der Waals surface area contributed by atoms with E-state index in [0.717, 1.165) is 27.3 Å². The molecule has 0 atom stereocenters. The van der Waals surface area contributed by atoms with Crippen LogP contribution in [0.15, 0.2) is 53.8 Å². The van der Waals surface area contributed by atoms with Crippen molar-refractivity contribution in [1.82, 2.24) is 9.97 Å². The summed E-state index contributed by atoms with van der Waals surface area (Å²) in [6, 6.07) is 13.4. The highest BCUT2D eigenvalue weighted by atomic mass is 35.5. The lowest BCUT2D eigenvalue weighted by molar-refractivity contribution is 1.34. The predicted molar refractivity (Wildman–Crippen MR) is 74.8 cm³/mol. The van der Waals surface area contributed by atoms with Crippen LogP contribution in [0.3, 0.4) is 0 Å². The molecule has 0 aliphatic rings. The summed E-state index contributed by atoms with van der Waals surface area (Å²) < 4.78 is 0. The zero-order valence-corrected chi connectivity index (χ0v) is 10.2. The Morgan fingerprint density at radius 2 is 1.94 bits per heavy atom. The van der Waals surface area contributed by atoms with Gasteiger partial charge in [-0.3, -0.25) is 4.99 Å². The lowest BCUT2D eigenvalue weighted by Gasteiger charge is -1.95. The van der Waals surface area contributed by atoms with Crippen molar-refractivity contribution in [3.05, 3.63) is 59.4 Å². The van der Waals surface area contributed by atoms with Crippen LogP contribution < -0.4 is 0 Å². The first-order valence-corrected chi connectivity index (χ1v) is 5.92. The maximum Gasteiger partial charge on any atom is 0.0931 e. The number of benzene rings is 2. The van der Waals surface area contributed by atoms with E-state index in [9.17, 15) is 0 Å². The number of hydrogen-bond donors (Lipinski definition) is 1. The summed E-state index contributed by atoms with van der Waals surface area (Å²) in [5.41, 5.74) is 3.84. The number of imidazole rings is 1. The van der Waals surface area contributed by atoms with Crippen molar-refractivity contribution in [3.63, 3.8) is 0 Å². The SMILES string of the molecule is Clc1ccc(C=Nc2ccc3nc[nH]c3c2)cc1. The van der Waals surface area contributed by atoms with Crippen LogP contribution in [0.5, 0.6) is 0 Å². The number of H-pyrrole nitrogens is 1. The van der Waals surface area contributed by atoms with Gasteiger partial charge in [-0.2, -0.15) is 0 Å². The minimum atomic E-state index is 0.728. The van der Waals surface area contributed by atoms with Crippen LogP contribution in [0.4, 0.5) is 5.69 Å². The fourth-order valence-corrected chi connectivity index (χ4v) is 1.83. The first kappa shape index (κ1) is 11.0. The first-order valence-electron chi connectivity index (χ1n) is 5.54. The highest BCUT2D eigenvalue weighted by Crippen LogP contribution is 2.18. The average Bonchev–Trinajstić information content (AvgIpc) is 2.85. The number of aromatic amines is 1. The number of nitrogens with one attached hydrogen (secondary N) is 1. The van der Waals surface area contributed by atoms with Gasteiger partial charge in [0.1, 0.15) is 0 Å². The zero-order chi connectivity index (χ0) is 12.4. The van der Waals surface area contributed by atoms with E-state index in [1.54, 1.807) is 6.33 Å². The third-order valence-electron chi connectivity index (χ3n) is 2.64. The van der Waals surface area contributed by atoms with Gasteiger partial charge in [0, 0.05) is 11.2 Å². The molecule has 3 nitrogen and oxygen atoms in total. The normalized spacial score (nSPS) is 11.4. The van der Waals surface area contributed by atoms with Gasteiger partial charge < -0.3 is 4.98 Å². The molecule has 88 valence electrons. The molecule has 4 heteroatoms. The number of aromatic nitrogens is 2. The van der Waals surface area contributed by atoms with Crippen LogP contribution in [0.2, 0.25) is 5.02 Å². The number of rotatable bonds is 2. The molecule has 1 N–H and O–H groups in total. The molecule has 3 aromatic rings. The summed E-state index contributed by atoms with van der Waals surface area (Å²) in [5, 5.41) is 0.728. The van der Waals surface area contributed by atoms with Crippen molar-refractivity contribution in [2.24, 2.45) is 4.99 Å². The van der Waals surface area contributed by atoms with E-state index in [1.165, 1.54) is 0 Å². The minimum Gasteiger partial charge on any atom is -0.345 e. The number of fused-ring (bicyclic) bond motifs is 1. The molecule has 0 aliphatic carbocycles. The summed E-state index contributed by atoms with van der Waals surface area (Å²) in [4.78, 5) is 11.6. The molecule has 0 radical (unpaired) electrons. The Morgan fingerprint density at radius 1 is 1.11 bits per heavy atom. The molecule has 0 saturated heterocycles. The summed E-state index contributed by atoms with van der Waals surface area (Å²) in [5.74, 6) is 0. The summed E-state index contributed by atoms with van der Waals surface area (Å²) in [6.45, 7) is 0. The Kier molecular flexibility index (Phi) is 2.82. The molecule has 0 fully saturated rings. The van der Waals surface area contributed by atoms with Gasteiger partial charge >= 0.3 is 0 Å². The fourth-order valence-electron chi connectivity index (χ4n) is 1.70. The lowest BCUT2D eigenvalue weighted by Crippen LogP contribution is -1.79. The van der Waals surface area contributed by atoms with Gasteiger partial charge in [0.25, 0.3) is 0 Å². The van der Waals surface area contributed by atoms with Crippen LogP contribution in [0.25, 0.3) is 11.0 Å². The number of halogens is 1. The highest BCUT2D eigenvalue weighted by molar-refractivity contribution is 6.30. The third kappa shape index (κ3) is 2.26. The van der Waals surface area contributed by atoms with Gasteiger partial charge in [-0.15, -0.1) is 0 Å².